The number of unbranched alkanes of at least 4 members (excludes halogenated alkanes) is 1. The molecule has 15 heavy (non-hydrogen) atoms. The van der Waals surface area contributed by atoms with Crippen LogP contribution in [0.4, 0.5) is 0 Å². The molecular formula is C13H30N2. The van der Waals surface area contributed by atoms with E-state index in [9.17, 15) is 0 Å². The number of nitrogens with zero attached hydrogens (tertiary/aromatic N) is 1. The van der Waals surface area contributed by atoms with Crippen molar-refractivity contribution in [3.8, 4) is 0 Å². The summed E-state index contributed by atoms with van der Waals surface area (Å²) in [7, 11) is 4.30. The third-order valence-corrected chi connectivity index (χ3v) is 3.09. The lowest BCUT2D eigenvalue weighted by Gasteiger charge is -2.31. The van der Waals surface area contributed by atoms with Crippen LogP contribution >= 0.6 is 0 Å². The molecule has 0 aromatic heterocycles. The molecule has 1 unspecified atom stereocenters. The topological polar surface area (TPSA) is 15.3 Å². The van der Waals surface area contributed by atoms with Crippen molar-refractivity contribution in [3.63, 3.8) is 0 Å². The van der Waals surface area contributed by atoms with Crippen LogP contribution in [0.2, 0.25) is 0 Å². The van der Waals surface area contributed by atoms with Crippen LogP contribution in [0.15, 0.2) is 0 Å². The zero-order valence-electron chi connectivity index (χ0n) is 11.6. The van der Waals surface area contributed by atoms with Gasteiger partial charge in [0, 0.05) is 6.04 Å². The molecule has 0 amide bonds. The summed E-state index contributed by atoms with van der Waals surface area (Å²) in [5.41, 5.74) is 0.361. The van der Waals surface area contributed by atoms with Crippen LogP contribution < -0.4 is 5.32 Å². The minimum Gasteiger partial charge on any atom is -0.316 e. The lowest BCUT2D eigenvalue weighted by Crippen LogP contribution is -2.40. The fourth-order valence-corrected chi connectivity index (χ4v) is 1.90. The highest BCUT2D eigenvalue weighted by atomic mass is 15.1. The molecule has 0 spiro atoms. The molecule has 0 aliphatic carbocycles. The van der Waals surface area contributed by atoms with Crippen LogP contribution in [-0.4, -0.2) is 38.1 Å². The predicted molar refractivity (Wildman–Crippen MR) is 69.3 cm³/mol. The minimum absolute atomic E-state index is 0.361. The molecule has 0 bridgehead atoms. The standard InChI is InChI=1S/C13H30N2/c1-7-8-10-15(6)11-9-12(14-5)13(2,3)4/h12,14H,7-11H2,1-6H3. The summed E-state index contributed by atoms with van der Waals surface area (Å²) in [6.07, 6.45) is 3.84. The van der Waals surface area contributed by atoms with E-state index in [1.165, 1.54) is 32.4 Å². The van der Waals surface area contributed by atoms with Gasteiger partial charge in [-0.05, 0) is 45.4 Å². The van der Waals surface area contributed by atoms with Gasteiger partial charge in [0.05, 0.1) is 0 Å². The van der Waals surface area contributed by atoms with Gasteiger partial charge in [0.15, 0.2) is 0 Å². The monoisotopic (exact) mass is 214 g/mol. The molecule has 0 fully saturated rings. The van der Waals surface area contributed by atoms with Crippen LogP contribution in [0.5, 0.6) is 0 Å². The van der Waals surface area contributed by atoms with E-state index in [4.69, 9.17) is 0 Å². The average Bonchev–Trinajstić information content (AvgIpc) is 2.13. The first-order valence-corrected chi connectivity index (χ1v) is 6.27. The summed E-state index contributed by atoms with van der Waals surface area (Å²) in [5.74, 6) is 0. The molecule has 0 radical (unpaired) electrons. The van der Waals surface area contributed by atoms with E-state index in [1.807, 2.05) is 0 Å². The maximum atomic E-state index is 3.43. The third-order valence-electron chi connectivity index (χ3n) is 3.09. The lowest BCUT2D eigenvalue weighted by atomic mass is 9.85. The van der Waals surface area contributed by atoms with Crippen molar-refractivity contribution in [1.82, 2.24) is 10.2 Å². The Labute approximate surface area is 96.4 Å². The first-order chi connectivity index (χ1) is 6.91. The molecule has 2 nitrogen and oxygen atoms in total. The Morgan fingerprint density at radius 1 is 1.20 bits per heavy atom. The second kappa shape index (κ2) is 7.24. The van der Waals surface area contributed by atoms with Crippen molar-refractivity contribution in [2.24, 2.45) is 5.41 Å². The molecule has 0 aliphatic heterocycles. The van der Waals surface area contributed by atoms with Crippen LogP contribution in [0.1, 0.15) is 47.0 Å². The van der Waals surface area contributed by atoms with Gasteiger partial charge < -0.3 is 10.2 Å². The summed E-state index contributed by atoms with van der Waals surface area (Å²) in [6, 6.07) is 0.613. The van der Waals surface area contributed by atoms with Gasteiger partial charge in [-0.1, -0.05) is 34.1 Å². The van der Waals surface area contributed by atoms with E-state index in [0.29, 0.717) is 11.5 Å². The van der Waals surface area contributed by atoms with Gasteiger partial charge >= 0.3 is 0 Å². The largest absolute Gasteiger partial charge is 0.316 e. The zero-order valence-corrected chi connectivity index (χ0v) is 11.6. The maximum absolute atomic E-state index is 3.43. The van der Waals surface area contributed by atoms with Gasteiger partial charge in [-0.2, -0.15) is 0 Å². The van der Waals surface area contributed by atoms with Gasteiger partial charge in [-0.25, -0.2) is 0 Å². The Hall–Kier alpha value is -0.0800. The van der Waals surface area contributed by atoms with Crippen LogP contribution in [0.3, 0.4) is 0 Å². The highest BCUT2D eigenvalue weighted by Gasteiger charge is 2.22. The Morgan fingerprint density at radius 3 is 2.20 bits per heavy atom. The summed E-state index contributed by atoms with van der Waals surface area (Å²) in [4.78, 5) is 2.44. The SMILES string of the molecule is CCCCN(C)CCC(NC)C(C)(C)C. The van der Waals surface area contributed by atoms with E-state index in [1.54, 1.807) is 0 Å². The Bertz CT molecular complexity index is 149. The lowest BCUT2D eigenvalue weighted by molar-refractivity contribution is 0.229. The Morgan fingerprint density at radius 2 is 1.80 bits per heavy atom. The fourth-order valence-electron chi connectivity index (χ4n) is 1.90. The first kappa shape index (κ1) is 14.9. The second-order valence-electron chi connectivity index (χ2n) is 5.65. The Kier molecular flexibility index (Phi) is 7.20. The summed E-state index contributed by atoms with van der Waals surface area (Å²) in [6.45, 7) is 11.6. The summed E-state index contributed by atoms with van der Waals surface area (Å²) < 4.78 is 0. The molecule has 2 heteroatoms. The van der Waals surface area contributed by atoms with Crippen LogP contribution in [0.25, 0.3) is 0 Å². The summed E-state index contributed by atoms with van der Waals surface area (Å²) in [5, 5.41) is 3.43. The van der Waals surface area contributed by atoms with E-state index in [0.717, 1.165) is 0 Å². The maximum Gasteiger partial charge on any atom is 0.0125 e. The molecule has 92 valence electrons. The van der Waals surface area contributed by atoms with Crippen molar-refractivity contribution >= 4 is 0 Å². The van der Waals surface area contributed by atoms with Gasteiger partial charge in [0.1, 0.15) is 0 Å². The highest BCUT2D eigenvalue weighted by molar-refractivity contribution is 4.79. The van der Waals surface area contributed by atoms with Gasteiger partial charge in [0.2, 0.25) is 0 Å². The van der Waals surface area contributed by atoms with Crippen molar-refractivity contribution in [2.45, 2.75) is 53.0 Å². The summed E-state index contributed by atoms with van der Waals surface area (Å²) >= 11 is 0. The van der Waals surface area contributed by atoms with Crippen molar-refractivity contribution in [1.29, 1.82) is 0 Å². The molecule has 1 N–H and O–H groups in total. The number of hydrogen-bond acceptors (Lipinski definition) is 2. The first-order valence-electron chi connectivity index (χ1n) is 6.27. The molecule has 0 rings (SSSR count). The minimum atomic E-state index is 0.361. The Balaban J connectivity index is 3.80. The molecule has 1 atom stereocenters. The predicted octanol–water partition coefficient (Wildman–Crippen LogP) is 2.74. The number of hydrogen-bond donors (Lipinski definition) is 1. The van der Waals surface area contributed by atoms with E-state index in [-0.39, 0.29) is 0 Å². The van der Waals surface area contributed by atoms with E-state index >= 15 is 0 Å². The third kappa shape index (κ3) is 6.91. The van der Waals surface area contributed by atoms with E-state index < -0.39 is 0 Å². The van der Waals surface area contributed by atoms with E-state index in [2.05, 4.69) is 52.0 Å². The second-order valence-corrected chi connectivity index (χ2v) is 5.65. The van der Waals surface area contributed by atoms with Gasteiger partial charge in [-0.15, -0.1) is 0 Å². The molecule has 0 aliphatic rings. The van der Waals surface area contributed by atoms with Gasteiger partial charge in [0.25, 0.3) is 0 Å². The molecule has 0 saturated carbocycles. The molecular weight excluding hydrogens is 184 g/mol. The van der Waals surface area contributed by atoms with Crippen molar-refractivity contribution in [2.75, 3.05) is 27.2 Å². The zero-order chi connectivity index (χ0) is 11.9. The molecule has 0 aromatic carbocycles. The highest BCUT2D eigenvalue weighted by Crippen LogP contribution is 2.21. The molecule has 0 saturated heterocycles. The van der Waals surface area contributed by atoms with Gasteiger partial charge in [-0.3, -0.25) is 0 Å². The van der Waals surface area contributed by atoms with Crippen LogP contribution in [-0.2, 0) is 0 Å². The van der Waals surface area contributed by atoms with Crippen molar-refractivity contribution < 1.29 is 0 Å². The quantitative estimate of drug-likeness (QED) is 0.701. The molecule has 0 heterocycles. The molecule has 0 aromatic rings. The smallest absolute Gasteiger partial charge is 0.0125 e. The van der Waals surface area contributed by atoms with Crippen LogP contribution in [0, 0.1) is 5.41 Å². The number of rotatable bonds is 7. The number of nitrogens with one attached hydrogen (secondary N) is 1. The normalized spacial score (nSPS) is 14.6. The van der Waals surface area contributed by atoms with Crippen molar-refractivity contribution in [3.05, 3.63) is 0 Å². The fraction of sp³-hybridized carbons (Fsp3) is 1.00. The average molecular weight is 214 g/mol.